The van der Waals surface area contributed by atoms with Crippen LogP contribution in [-0.4, -0.2) is 11.6 Å². The van der Waals surface area contributed by atoms with E-state index < -0.39 is 0 Å². The second-order valence-electron chi connectivity index (χ2n) is 4.21. The number of pyridine rings is 1. The van der Waals surface area contributed by atoms with E-state index in [1.165, 1.54) is 5.56 Å². The number of benzene rings is 1. The average molecular weight is 262 g/mol. The number of hydrogen-bond acceptors (Lipinski definition) is 2. The summed E-state index contributed by atoms with van der Waals surface area (Å²) < 4.78 is 5.71. The maximum absolute atomic E-state index is 5.83. The molecule has 2 nitrogen and oxygen atoms in total. The molecule has 0 atom stereocenters. The van der Waals surface area contributed by atoms with Crippen LogP contribution in [0.5, 0.6) is 5.75 Å². The Labute approximate surface area is 113 Å². The van der Waals surface area contributed by atoms with Gasteiger partial charge in [-0.15, -0.1) is 0 Å². The number of aromatic nitrogens is 1. The summed E-state index contributed by atoms with van der Waals surface area (Å²) in [7, 11) is 0. The van der Waals surface area contributed by atoms with Crippen LogP contribution in [0.15, 0.2) is 42.6 Å². The smallest absolute Gasteiger partial charge is 0.132 e. The van der Waals surface area contributed by atoms with Gasteiger partial charge < -0.3 is 4.74 Å². The Hall–Kier alpha value is -1.54. The van der Waals surface area contributed by atoms with Crippen molar-refractivity contribution in [3.8, 4) is 5.75 Å². The highest BCUT2D eigenvalue weighted by Gasteiger charge is 2.01. The molecule has 0 saturated heterocycles. The van der Waals surface area contributed by atoms with Crippen LogP contribution in [0.25, 0.3) is 0 Å². The number of hydrogen-bond donors (Lipinski definition) is 0. The number of aryl methyl sites for hydroxylation is 2. The number of rotatable bonds is 5. The molecule has 0 aliphatic heterocycles. The molecular formula is C15H16ClNO. The molecule has 3 heteroatoms. The largest absolute Gasteiger partial charge is 0.493 e. The molecule has 0 fully saturated rings. The van der Waals surface area contributed by atoms with Crippen molar-refractivity contribution in [3.63, 3.8) is 0 Å². The van der Waals surface area contributed by atoms with Crippen LogP contribution in [0.3, 0.4) is 0 Å². The van der Waals surface area contributed by atoms with Gasteiger partial charge in [0.05, 0.1) is 6.61 Å². The zero-order valence-electron chi connectivity index (χ0n) is 10.4. The second-order valence-corrected chi connectivity index (χ2v) is 4.60. The number of nitrogens with zero attached hydrogens (tertiary/aromatic N) is 1. The third-order valence-corrected chi connectivity index (χ3v) is 2.94. The zero-order chi connectivity index (χ0) is 12.8. The van der Waals surface area contributed by atoms with Gasteiger partial charge >= 0.3 is 0 Å². The maximum atomic E-state index is 5.83. The molecule has 1 heterocycles. The van der Waals surface area contributed by atoms with Crippen LogP contribution in [0, 0.1) is 6.92 Å². The van der Waals surface area contributed by atoms with Gasteiger partial charge in [0.15, 0.2) is 0 Å². The lowest BCUT2D eigenvalue weighted by Crippen LogP contribution is -2.01. The molecule has 0 radical (unpaired) electrons. The van der Waals surface area contributed by atoms with Crippen LogP contribution >= 0.6 is 11.6 Å². The highest BCUT2D eigenvalue weighted by Crippen LogP contribution is 2.20. The van der Waals surface area contributed by atoms with Crippen molar-refractivity contribution >= 4 is 11.6 Å². The van der Waals surface area contributed by atoms with E-state index in [0.29, 0.717) is 11.8 Å². The summed E-state index contributed by atoms with van der Waals surface area (Å²) in [5, 5.41) is 0.471. The number of halogens is 1. The minimum Gasteiger partial charge on any atom is -0.493 e. The summed E-state index contributed by atoms with van der Waals surface area (Å²) in [6.07, 6.45) is 3.75. The quantitative estimate of drug-likeness (QED) is 0.598. The van der Waals surface area contributed by atoms with E-state index >= 15 is 0 Å². The van der Waals surface area contributed by atoms with Gasteiger partial charge in [-0.1, -0.05) is 41.9 Å². The lowest BCUT2D eigenvalue weighted by atomic mass is 10.1. The van der Waals surface area contributed by atoms with Crippen molar-refractivity contribution in [2.45, 2.75) is 19.8 Å². The van der Waals surface area contributed by atoms with Gasteiger partial charge in [-0.2, -0.15) is 0 Å². The molecule has 18 heavy (non-hydrogen) atoms. The first kappa shape index (κ1) is 12.9. The summed E-state index contributed by atoms with van der Waals surface area (Å²) in [6, 6.07) is 12.2. The molecule has 0 spiro atoms. The van der Waals surface area contributed by atoms with Gasteiger partial charge in [0.25, 0.3) is 0 Å². The molecule has 2 aromatic rings. The van der Waals surface area contributed by atoms with Gasteiger partial charge in [0, 0.05) is 17.8 Å². The molecule has 0 aliphatic carbocycles. The Bertz CT molecular complexity index is 499. The van der Waals surface area contributed by atoms with Gasteiger partial charge in [-0.3, -0.25) is 0 Å². The Kier molecular flexibility index (Phi) is 4.59. The molecule has 0 saturated carbocycles. The topological polar surface area (TPSA) is 22.1 Å². The van der Waals surface area contributed by atoms with Gasteiger partial charge in [-0.05, 0) is 25.3 Å². The Morgan fingerprint density at radius 3 is 2.78 bits per heavy atom. The van der Waals surface area contributed by atoms with Crippen molar-refractivity contribution in [2.75, 3.05) is 6.61 Å². The molecule has 0 N–H and O–H groups in total. The van der Waals surface area contributed by atoms with E-state index in [1.54, 1.807) is 12.3 Å². The van der Waals surface area contributed by atoms with Crippen molar-refractivity contribution < 1.29 is 4.74 Å². The van der Waals surface area contributed by atoms with Crippen LogP contribution < -0.4 is 4.74 Å². The Balaban J connectivity index is 1.80. The standard InChI is InChI=1S/C15H16ClNO/c1-12-11-17-15(16)10-14(12)18-9-5-8-13-6-3-2-4-7-13/h2-4,6-7,10-11H,5,8-9H2,1H3. The van der Waals surface area contributed by atoms with Gasteiger partial charge in [0.2, 0.25) is 0 Å². The lowest BCUT2D eigenvalue weighted by molar-refractivity contribution is 0.308. The van der Waals surface area contributed by atoms with Crippen LogP contribution in [0.1, 0.15) is 17.5 Å². The third kappa shape index (κ3) is 3.74. The van der Waals surface area contributed by atoms with E-state index in [2.05, 4.69) is 29.2 Å². The highest BCUT2D eigenvalue weighted by atomic mass is 35.5. The monoisotopic (exact) mass is 261 g/mol. The first-order valence-electron chi connectivity index (χ1n) is 6.04. The average Bonchev–Trinajstić information content (AvgIpc) is 2.40. The van der Waals surface area contributed by atoms with Crippen molar-refractivity contribution in [2.24, 2.45) is 0 Å². The van der Waals surface area contributed by atoms with Crippen LogP contribution in [-0.2, 0) is 6.42 Å². The minimum absolute atomic E-state index is 0.471. The molecule has 1 aromatic heterocycles. The predicted octanol–water partition coefficient (Wildman–Crippen LogP) is 4.06. The maximum Gasteiger partial charge on any atom is 0.132 e. The fourth-order valence-electron chi connectivity index (χ4n) is 1.74. The summed E-state index contributed by atoms with van der Waals surface area (Å²) in [4.78, 5) is 4.00. The summed E-state index contributed by atoms with van der Waals surface area (Å²) in [6.45, 7) is 2.66. The summed E-state index contributed by atoms with van der Waals surface area (Å²) in [5.74, 6) is 0.822. The fraction of sp³-hybridized carbons (Fsp3) is 0.267. The van der Waals surface area contributed by atoms with Crippen molar-refractivity contribution in [1.29, 1.82) is 0 Å². The first-order valence-corrected chi connectivity index (χ1v) is 6.42. The minimum atomic E-state index is 0.471. The Morgan fingerprint density at radius 2 is 2.00 bits per heavy atom. The van der Waals surface area contributed by atoms with E-state index in [9.17, 15) is 0 Å². The Morgan fingerprint density at radius 1 is 1.22 bits per heavy atom. The van der Waals surface area contributed by atoms with E-state index in [1.807, 2.05) is 13.0 Å². The molecule has 0 aliphatic rings. The van der Waals surface area contributed by atoms with E-state index in [0.717, 1.165) is 24.2 Å². The van der Waals surface area contributed by atoms with Crippen LogP contribution in [0.2, 0.25) is 5.15 Å². The summed E-state index contributed by atoms with van der Waals surface area (Å²) in [5.41, 5.74) is 2.35. The lowest BCUT2D eigenvalue weighted by Gasteiger charge is -2.08. The second kappa shape index (κ2) is 6.41. The molecule has 2 rings (SSSR count). The zero-order valence-corrected chi connectivity index (χ0v) is 11.2. The van der Waals surface area contributed by atoms with E-state index in [4.69, 9.17) is 16.3 Å². The number of ether oxygens (including phenoxy) is 1. The summed E-state index contributed by atoms with van der Waals surface area (Å²) >= 11 is 5.83. The van der Waals surface area contributed by atoms with Gasteiger partial charge in [-0.25, -0.2) is 4.98 Å². The van der Waals surface area contributed by atoms with Crippen LogP contribution in [0.4, 0.5) is 0 Å². The third-order valence-electron chi connectivity index (χ3n) is 2.73. The molecule has 0 amide bonds. The fourth-order valence-corrected chi connectivity index (χ4v) is 1.89. The SMILES string of the molecule is Cc1cnc(Cl)cc1OCCCc1ccccc1. The predicted molar refractivity (Wildman–Crippen MR) is 74.2 cm³/mol. The molecule has 0 bridgehead atoms. The highest BCUT2D eigenvalue weighted by molar-refractivity contribution is 6.29. The molecule has 1 aromatic carbocycles. The van der Waals surface area contributed by atoms with Crippen molar-refractivity contribution in [3.05, 3.63) is 58.9 Å². The van der Waals surface area contributed by atoms with Crippen molar-refractivity contribution in [1.82, 2.24) is 4.98 Å². The van der Waals surface area contributed by atoms with E-state index in [-0.39, 0.29) is 0 Å². The molecule has 0 unspecified atom stereocenters. The first-order chi connectivity index (χ1) is 8.75. The van der Waals surface area contributed by atoms with Gasteiger partial charge in [0.1, 0.15) is 10.9 Å². The molecular weight excluding hydrogens is 246 g/mol. The normalized spacial score (nSPS) is 10.3. The molecule has 94 valence electrons.